The molecule has 7 heteroatoms. The van der Waals surface area contributed by atoms with Gasteiger partial charge in [-0.15, -0.1) is 0 Å². The van der Waals surface area contributed by atoms with E-state index in [1.54, 1.807) is 36.4 Å². The van der Waals surface area contributed by atoms with Crippen molar-refractivity contribution in [3.8, 4) is 0 Å². The van der Waals surface area contributed by atoms with Gasteiger partial charge in [0.15, 0.2) is 12.1 Å². The second kappa shape index (κ2) is 11.3. The summed E-state index contributed by atoms with van der Waals surface area (Å²) in [5.41, 5.74) is 4.93. The SMILES string of the molecule is Cc1ccc(C(=O)Nc2ccc([C@@H]3OC(=O)N(Cc4cccc(C)c4)[C@@H]3C(=O)NCC(C)C)cc2)cc1. The summed E-state index contributed by atoms with van der Waals surface area (Å²) in [6.45, 7) is 8.75. The molecule has 1 fully saturated rings. The zero-order chi connectivity index (χ0) is 26.5. The van der Waals surface area contributed by atoms with E-state index in [4.69, 9.17) is 4.74 Å². The molecular weight excluding hydrogens is 466 g/mol. The predicted octanol–water partition coefficient (Wildman–Crippen LogP) is 5.39. The summed E-state index contributed by atoms with van der Waals surface area (Å²) in [4.78, 5) is 40.3. The summed E-state index contributed by atoms with van der Waals surface area (Å²) < 4.78 is 5.74. The zero-order valence-electron chi connectivity index (χ0n) is 21.7. The van der Waals surface area contributed by atoms with Crippen LogP contribution in [0.25, 0.3) is 0 Å². The minimum atomic E-state index is -0.820. The third-order valence-electron chi connectivity index (χ3n) is 6.28. The fraction of sp³-hybridized carbons (Fsp3) is 0.300. The number of hydrogen-bond acceptors (Lipinski definition) is 4. The van der Waals surface area contributed by atoms with Crippen molar-refractivity contribution in [1.82, 2.24) is 10.2 Å². The molecule has 0 radical (unpaired) electrons. The Morgan fingerprint density at radius 2 is 1.65 bits per heavy atom. The third-order valence-corrected chi connectivity index (χ3v) is 6.28. The summed E-state index contributed by atoms with van der Waals surface area (Å²) in [5.74, 6) is -0.202. The minimum Gasteiger partial charge on any atom is -0.438 e. The Bertz CT molecular complexity index is 1270. The molecule has 0 aromatic heterocycles. The Labute approximate surface area is 217 Å². The first-order valence-corrected chi connectivity index (χ1v) is 12.5. The van der Waals surface area contributed by atoms with E-state index in [-0.39, 0.29) is 24.3 Å². The lowest BCUT2D eigenvalue weighted by atomic mass is 10.00. The second-order valence-corrected chi connectivity index (χ2v) is 9.95. The Morgan fingerprint density at radius 1 is 0.946 bits per heavy atom. The first kappa shape index (κ1) is 25.9. The van der Waals surface area contributed by atoms with Crippen LogP contribution in [0.4, 0.5) is 10.5 Å². The summed E-state index contributed by atoms with van der Waals surface area (Å²) in [7, 11) is 0. The second-order valence-electron chi connectivity index (χ2n) is 9.95. The van der Waals surface area contributed by atoms with Gasteiger partial charge < -0.3 is 15.4 Å². The molecule has 3 amide bonds. The Hall–Kier alpha value is -4.13. The number of anilines is 1. The first-order valence-electron chi connectivity index (χ1n) is 12.5. The van der Waals surface area contributed by atoms with E-state index in [9.17, 15) is 14.4 Å². The van der Waals surface area contributed by atoms with Gasteiger partial charge >= 0.3 is 6.09 Å². The molecule has 0 spiro atoms. The molecule has 0 aliphatic carbocycles. The van der Waals surface area contributed by atoms with Crippen LogP contribution in [-0.2, 0) is 16.1 Å². The van der Waals surface area contributed by atoms with Crippen LogP contribution >= 0.6 is 0 Å². The zero-order valence-corrected chi connectivity index (χ0v) is 21.7. The average molecular weight is 500 g/mol. The van der Waals surface area contributed by atoms with Gasteiger partial charge in [-0.25, -0.2) is 4.79 Å². The first-order chi connectivity index (χ1) is 17.7. The van der Waals surface area contributed by atoms with E-state index in [0.717, 1.165) is 16.7 Å². The predicted molar refractivity (Wildman–Crippen MR) is 143 cm³/mol. The largest absolute Gasteiger partial charge is 0.438 e. The van der Waals surface area contributed by atoms with Crippen LogP contribution < -0.4 is 10.6 Å². The van der Waals surface area contributed by atoms with Gasteiger partial charge in [0.1, 0.15) is 0 Å². The number of hydrogen-bond donors (Lipinski definition) is 2. The number of nitrogens with one attached hydrogen (secondary N) is 2. The molecule has 3 aromatic rings. The summed E-state index contributed by atoms with van der Waals surface area (Å²) in [5, 5.41) is 5.84. The highest BCUT2D eigenvalue weighted by Crippen LogP contribution is 2.34. The molecule has 192 valence electrons. The number of benzene rings is 3. The van der Waals surface area contributed by atoms with E-state index in [0.29, 0.717) is 23.4 Å². The van der Waals surface area contributed by atoms with Crippen molar-refractivity contribution in [3.05, 3.63) is 101 Å². The lowest BCUT2D eigenvalue weighted by molar-refractivity contribution is -0.126. The van der Waals surface area contributed by atoms with Gasteiger partial charge in [0, 0.05) is 17.8 Å². The molecule has 2 N–H and O–H groups in total. The molecule has 1 saturated heterocycles. The van der Waals surface area contributed by atoms with E-state index >= 15 is 0 Å². The van der Waals surface area contributed by atoms with Crippen molar-refractivity contribution in [2.75, 3.05) is 11.9 Å². The van der Waals surface area contributed by atoms with Crippen molar-refractivity contribution < 1.29 is 19.1 Å². The highest BCUT2D eigenvalue weighted by Gasteiger charge is 2.46. The van der Waals surface area contributed by atoms with Crippen molar-refractivity contribution in [2.24, 2.45) is 5.92 Å². The fourth-order valence-corrected chi connectivity index (χ4v) is 4.29. The molecule has 0 unspecified atom stereocenters. The summed E-state index contributed by atoms with van der Waals surface area (Å²) in [6, 6.07) is 21.4. The van der Waals surface area contributed by atoms with Gasteiger partial charge in [0.25, 0.3) is 5.91 Å². The molecular formula is C30H33N3O4. The van der Waals surface area contributed by atoms with E-state index < -0.39 is 18.2 Å². The number of amides is 3. The number of carbonyl (C=O) groups is 3. The smallest absolute Gasteiger partial charge is 0.411 e. The molecule has 0 bridgehead atoms. The minimum absolute atomic E-state index is 0.213. The standard InChI is InChI=1S/C30H33N3O4/c1-19(2)17-31-29(35)26-27(37-30(36)33(26)18-22-7-5-6-21(4)16-22)23-12-14-25(15-13-23)32-28(34)24-10-8-20(3)9-11-24/h5-16,19,26-27H,17-18H2,1-4H3,(H,31,35)(H,32,34)/t26-,27-/m0/s1. The summed E-state index contributed by atoms with van der Waals surface area (Å²) in [6.07, 6.45) is -1.31. The van der Waals surface area contributed by atoms with Gasteiger partial charge in [0.2, 0.25) is 5.91 Å². The number of ether oxygens (including phenoxy) is 1. The molecule has 1 heterocycles. The van der Waals surface area contributed by atoms with Crippen LogP contribution in [0.3, 0.4) is 0 Å². The number of rotatable bonds is 8. The normalized spacial score (nSPS) is 17.0. The maximum Gasteiger partial charge on any atom is 0.411 e. The number of nitrogens with zero attached hydrogens (tertiary/aromatic N) is 1. The number of aryl methyl sites for hydroxylation is 2. The lowest BCUT2D eigenvalue weighted by Gasteiger charge is -2.25. The number of carbonyl (C=O) groups excluding carboxylic acids is 3. The molecule has 1 aliphatic heterocycles. The van der Waals surface area contributed by atoms with Crippen LogP contribution in [0.5, 0.6) is 0 Å². The molecule has 2 atom stereocenters. The van der Waals surface area contributed by atoms with Crippen molar-refractivity contribution >= 4 is 23.6 Å². The number of cyclic esters (lactones) is 1. The molecule has 7 nitrogen and oxygen atoms in total. The lowest BCUT2D eigenvalue weighted by Crippen LogP contribution is -2.47. The topological polar surface area (TPSA) is 87.7 Å². The van der Waals surface area contributed by atoms with Crippen molar-refractivity contribution in [1.29, 1.82) is 0 Å². The van der Waals surface area contributed by atoms with E-state index in [1.165, 1.54) is 4.90 Å². The van der Waals surface area contributed by atoms with Crippen LogP contribution in [0, 0.1) is 19.8 Å². The van der Waals surface area contributed by atoms with Crippen LogP contribution in [-0.4, -0.2) is 35.4 Å². The highest BCUT2D eigenvalue weighted by atomic mass is 16.6. The molecule has 4 rings (SSSR count). The Balaban J connectivity index is 1.54. The third kappa shape index (κ3) is 6.36. The Kier molecular flexibility index (Phi) is 7.92. The van der Waals surface area contributed by atoms with Crippen molar-refractivity contribution in [3.63, 3.8) is 0 Å². The van der Waals surface area contributed by atoms with E-state index in [1.807, 2.05) is 64.1 Å². The maximum absolute atomic E-state index is 13.3. The molecule has 0 saturated carbocycles. The molecule has 3 aromatic carbocycles. The highest BCUT2D eigenvalue weighted by molar-refractivity contribution is 6.04. The summed E-state index contributed by atoms with van der Waals surface area (Å²) >= 11 is 0. The molecule has 1 aliphatic rings. The van der Waals surface area contributed by atoms with Crippen LogP contribution in [0.15, 0.2) is 72.8 Å². The van der Waals surface area contributed by atoms with Gasteiger partial charge in [0.05, 0.1) is 6.54 Å². The molecule has 37 heavy (non-hydrogen) atoms. The fourth-order valence-electron chi connectivity index (χ4n) is 4.29. The Morgan fingerprint density at radius 3 is 2.30 bits per heavy atom. The van der Waals surface area contributed by atoms with Gasteiger partial charge in [-0.05, 0) is 55.2 Å². The van der Waals surface area contributed by atoms with Gasteiger partial charge in [-0.1, -0.05) is 73.5 Å². The quantitative estimate of drug-likeness (QED) is 0.435. The monoisotopic (exact) mass is 499 g/mol. The van der Waals surface area contributed by atoms with Gasteiger partial charge in [-0.2, -0.15) is 0 Å². The van der Waals surface area contributed by atoms with Gasteiger partial charge in [-0.3, -0.25) is 14.5 Å². The van der Waals surface area contributed by atoms with Crippen molar-refractivity contribution in [2.45, 2.75) is 46.4 Å². The van der Waals surface area contributed by atoms with Crippen LogP contribution in [0.2, 0.25) is 0 Å². The maximum atomic E-state index is 13.3. The average Bonchev–Trinajstić information content (AvgIpc) is 3.19. The van der Waals surface area contributed by atoms with Crippen LogP contribution in [0.1, 0.15) is 52.6 Å². The van der Waals surface area contributed by atoms with E-state index in [2.05, 4.69) is 10.6 Å².